The number of ether oxygens (including phenoxy) is 1. The van der Waals surface area contributed by atoms with E-state index in [-0.39, 0.29) is 29.8 Å². The number of aliphatic hydroxyl groups is 1. The Hall–Kier alpha value is -1.65. The Kier molecular flexibility index (Phi) is 4.73. The Balaban J connectivity index is 2.32. The third-order valence-electron chi connectivity index (χ3n) is 4.16. The van der Waals surface area contributed by atoms with Crippen LogP contribution in [-0.4, -0.2) is 34.3 Å². The van der Waals surface area contributed by atoms with E-state index in [0.29, 0.717) is 24.0 Å². The number of hydrogen-bond donors (Lipinski definition) is 2. The number of phenols is 1. The van der Waals surface area contributed by atoms with Gasteiger partial charge in [0.2, 0.25) is 0 Å². The van der Waals surface area contributed by atoms with E-state index < -0.39 is 0 Å². The Morgan fingerprint density at radius 3 is 2.41 bits per heavy atom. The fourth-order valence-electron chi connectivity index (χ4n) is 2.44. The van der Waals surface area contributed by atoms with E-state index in [0.717, 1.165) is 11.1 Å². The molecule has 4 heteroatoms. The van der Waals surface area contributed by atoms with Gasteiger partial charge in [-0.3, -0.25) is 4.79 Å². The molecular formula is C18H24O4. The smallest absolute Gasteiger partial charge is 0.159 e. The normalized spacial score (nSPS) is 20.0. The largest absolute Gasteiger partial charge is 0.507 e. The van der Waals surface area contributed by atoms with Crippen molar-refractivity contribution in [3.05, 3.63) is 40.5 Å². The molecule has 1 aromatic carbocycles. The summed E-state index contributed by atoms with van der Waals surface area (Å²) in [6.45, 7) is 7.36. The summed E-state index contributed by atoms with van der Waals surface area (Å²) >= 11 is 0. The van der Waals surface area contributed by atoms with Gasteiger partial charge in [0.1, 0.15) is 5.75 Å². The number of phenolic OH excluding ortho intramolecular Hbond substituents is 1. The molecule has 1 aromatic rings. The monoisotopic (exact) mass is 304 g/mol. The maximum atomic E-state index is 11.7. The molecule has 1 heterocycles. The lowest BCUT2D eigenvalue weighted by atomic mass is 9.95. The molecule has 1 atom stereocenters. The fourth-order valence-corrected chi connectivity index (χ4v) is 2.44. The van der Waals surface area contributed by atoms with Crippen LogP contribution < -0.4 is 0 Å². The van der Waals surface area contributed by atoms with E-state index in [2.05, 4.69) is 0 Å². The van der Waals surface area contributed by atoms with Crippen molar-refractivity contribution in [1.29, 1.82) is 0 Å². The van der Waals surface area contributed by atoms with Crippen molar-refractivity contribution in [2.24, 2.45) is 0 Å². The van der Waals surface area contributed by atoms with Crippen LogP contribution in [0.2, 0.25) is 0 Å². The number of Topliss-reactive ketones (excluding diaryl/α,β-unsaturated/α-hetero) is 1. The summed E-state index contributed by atoms with van der Waals surface area (Å²) in [6, 6.07) is 3.47. The highest BCUT2D eigenvalue weighted by Crippen LogP contribution is 2.40. The molecule has 120 valence electrons. The second kappa shape index (κ2) is 6.23. The minimum atomic E-state index is -0.161. The van der Waals surface area contributed by atoms with Gasteiger partial charge in [-0.2, -0.15) is 0 Å². The molecular weight excluding hydrogens is 280 g/mol. The van der Waals surface area contributed by atoms with E-state index in [4.69, 9.17) is 9.84 Å². The molecule has 0 spiro atoms. The Bertz CT molecular complexity index is 614. The number of allylic oxidation sites excluding steroid dienone is 1. The second-order valence-corrected chi connectivity index (χ2v) is 6.53. The molecule has 1 fully saturated rings. The lowest BCUT2D eigenvalue weighted by Crippen LogP contribution is -2.07. The van der Waals surface area contributed by atoms with Crippen LogP contribution in [0.4, 0.5) is 0 Å². The predicted molar refractivity (Wildman–Crippen MR) is 85.3 cm³/mol. The van der Waals surface area contributed by atoms with E-state index >= 15 is 0 Å². The average molecular weight is 304 g/mol. The Morgan fingerprint density at radius 1 is 1.32 bits per heavy atom. The molecule has 1 aliphatic heterocycles. The van der Waals surface area contributed by atoms with Crippen LogP contribution in [0.5, 0.6) is 5.75 Å². The van der Waals surface area contributed by atoms with Gasteiger partial charge in [0, 0.05) is 12.0 Å². The molecule has 1 aliphatic rings. The summed E-state index contributed by atoms with van der Waals surface area (Å²) in [5, 5.41) is 19.5. The molecule has 4 nitrogen and oxygen atoms in total. The van der Waals surface area contributed by atoms with Crippen LogP contribution in [0.15, 0.2) is 23.8 Å². The first kappa shape index (κ1) is 16.7. The number of hydrogen-bond acceptors (Lipinski definition) is 4. The molecule has 0 radical (unpaired) electrons. The van der Waals surface area contributed by atoms with Crippen molar-refractivity contribution in [2.45, 2.75) is 52.2 Å². The molecule has 0 aromatic heterocycles. The van der Waals surface area contributed by atoms with Crippen molar-refractivity contribution in [3.8, 4) is 5.75 Å². The van der Waals surface area contributed by atoms with Crippen LogP contribution >= 0.6 is 0 Å². The summed E-state index contributed by atoms with van der Waals surface area (Å²) in [6.07, 6.45) is 3.01. The Morgan fingerprint density at radius 2 is 1.91 bits per heavy atom. The molecule has 0 amide bonds. The zero-order chi connectivity index (χ0) is 16.5. The highest BCUT2D eigenvalue weighted by Gasteiger charge is 2.47. The highest BCUT2D eigenvalue weighted by atomic mass is 16.6. The van der Waals surface area contributed by atoms with Crippen molar-refractivity contribution >= 4 is 5.78 Å². The Labute approximate surface area is 131 Å². The van der Waals surface area contributed by atoms with Crippen LogP contribution in [0.1, 0.15) is 49.2 Å². The number of benzene rings is 1. The summed E-state index contributed by atoms with van der Waals surface area (Å²) in [4.78, 5) is 11.7. The molecule has 0 aliphatic carbocycles. The van der Waals surface area contributed by atoms with Gasteiger partial charge in [-0.15, -0.1) is 0 Å². The summed E-state index contributed by atoms with van der Waals surface area (Å²) < 4.78 is 5.58. The van der Waals surface area contributed by atoms with E-state index in [1.807, 2.05) is 26.8 Å². The number of rotatable bonds is 6. The summed E-state index contributed by atoms with van der Waals surface area (Å²) in [5.74, 6) is 0.194. The molecule has 0 unspecified atom stereocenters. The standard InChI is InChI=1S/C18H24O4/c1-11(10-19)5-6-13-7-14(12(2)20)8-15(17(13)21)9-16-18(3,4)22-16/h5,7-8,16,19,21H,6,9-10H2,1-4H3/t16-/m1/s1. The average Bonchev–Trinajstić information content (AvgIpc) is 3.05. The maximum absolute atomic E-state index is 11.7. The topological polar surface area (TPSA) is 70.1 Å². The molecule has 0 saturated carbocycles. The summed E-state index contributed by atoms with van der Waals surface area (Å²) in [5.41, 5.74) is 2.71. The van der Waals surface area contributed by atoms with Gasteiger partial charge in [-0.1, -0.05) is 11.6 Å². The quantitative estimate of drug-likeness (QED) is 0.482. The minimum absolute atomic E-state index is 0.00980. The van der Waals surface area contributed by atoms with Gasteiger partial charge in [0.15, 0.2) is 5.78 Å². The first-order valence-corrected chi connectivity index (χ1v) is 7.54. The first-order valence-electron chi connectivity index (χ1n) is 7.54. The highest BCUT2D eigenvalue weighted by molar-refractivity contribution is 5.94. The van der Waals surface area contributed by atoms with Crippen molar-refractivity contribution in [2.75, 3.05) is 6.61 Å². The molecule has 2 N–H and O–H groups in total. The third kappa shape index (κ3) is 3.76. The number of aliphatic hydroxyl groups excluding tert-OH is 1. The predicted octanol–water partition coefficient (Wildman–Crippen LogP) is 2.80. The lowest BCUT2D eigenvalue weighted by molar-refractivity contribution is 0.101. The van der Waals surface area contributed by atoms with E-state index in [9.17, 15) is 9.90 Å². The van der Waals surface area contributed by atoms with E-state index in [1.54, 1.807) is 12.1 Å². The first-order chi connectivity index (χ1) is 10.2. The molecule has 22 heavy (non-hydrogen) atoms. The van der Waals surface area contributed by atoms with Gasteiger partial charge >= 0.3 is 0 Å². The van der Waals surface area contributed by atoms with Crippen molar-refractivity contribution in [1.82, 2.24) is 0 Å². The zero-order valence-corrected chi connectivity index (χ0v) is 13.6. The van der Waals surface area contributed by atoms with Crippen LogP contribution in [0, 0.1) is 0 Å². The van der Waals surface area contributed by atoms with Gasteiger partial charge in [0.05, 0.1) is 18.3 Å². The van der Waals surface area contributed by atoms with Crippen LogP contribution in [0.3, 0.4) is 0 Å². The van der Waals surface area contributed by atoms with Crippen LogP contribution in [0.25, 0.3) is 0 Å². The third-order valence-corrected chi connectivity index (χ3v) is 4.16. The lowest BCUT2D eigenvalue weighted by Gasteiger charge is -2.11. The number of ketones is 1. The molecule has 2 rings (SSSR count). The number of carbonyl (C=O) groups is 1. The van der Waals surface area contributed by atoms with Crippen molar-refractivity contribution in [3.63, 3.8) is 0 Å². The van der Waals surface area contributed by atoms with E-state index in [1.165, 1.54) is 6.92 Å². The zero-order valence-electron chi connectivity index (χ0n) is 13.6. The van der Waals surface area contributed by atoms with Crippen molar-refractivity contribution < 1.29 is 19.7 Å². The molecule has 0 bridgehead atoms. The number of aromatic hydroxyl groups is 1. The van der Waals surface area contributed by atoms with Crippen LogP contribution in [-0.2, 0) is 17.6 Å². The molecule has 1 saturated heterocycles. The van der Waals surface area contributed by atoms with Gasteiger partial charge in [-0.25, -0.2) is 0 Å². The van der Waals surface area contributed by atoms with Gasteiger partial charge in [-0.05, 0) is 57.4 Å². The number of carbonyl (C=O) groups excluding carboxylic acids is 1. The maximum Gasteiger partial charge on any atom is 0.159 e. The SMILES string of the molecule is CC(=O)c1cc(CC=C(C)CO)c(O)c(C[C@H]2OC2(C)C)c1. The fraction of sp³-hybridized carbons (Fsp3) is 0.500. The summed E-state index contributed by atoms with van der Waals surface area (Å²) in [7, 11) is 0. The number of epoxide rings is 1. The second-order valence-electron chi connectivity index (χ2n) is 6.53. The van der Waals surface area contributed by atoms with Gasteiger partial charge in [0.25, 0.3) is 0 Å². The van der Waals surface area contributed by atoms with Gasteiger partial charge < -0.3 is 14.9 Å². The minimum Gasteiger partial charge on any atom is -0.507 e.